The third-order valence-electron chi connectivity index (χ3n) is 5.64. The van der Waals surface area contributed by atoms with Gasteiger partial charge in [0.15, 0.2) is 0 Å². The van der Waals surface area contributed by atoms with Gasteiger partial charge in [-0.15, -0.1) is 0 Å². The summed E-state index contributed by atoms with van der Waals surface area (Å²) in [5, 5.41) is 18.8. The smallest absolute Gasteiger partial charge is 0.407 e. The highest BCUT2D eigenvalue weighted by molar-refractivity contribution is 5.98. The summed E-state index contributed by atoms with van der Waals surface area (Å²) in [6.45, 7) is 10.1. The van der Waals surface area contributed by atoms with Gasteiger partial charge >= 0.3 is 6.09 Å². The molecule has 206 valence electrons. The van der Waals surface area contributed by atoms with Crippen molar-refractivity contribution < 1.29 is 28.8 Å². The lowest BCUT2D eigenvalue weighted by molar-refractivity contribution is -0.467. The van der Waals surface area contributed by atoms with Crippen molar-refractivity contribution in [2.75, 3.05) is 6.54 Å². The zero-order chi connectivity index (χ0) is 28.2. The Balaban J connectivity index is 2.96. The van der Waals surface area contributed by atoms with Gasteiger partial charge < -0.3 is 20.7 Å². The van der Waals surface area contributed by atoms with E-state index in [1.807, 2.05) is 13.8 Å². The van der Waals surface area contributed by atoms with Crippen LogP contribution in [0.25, 0.3) is 0 Å². The summed E-state index contributed by atoms with van der Waals surface area (Å²) in [6.07, 6.45) is 1.63. The molecule has 0 radical (unpaired) electrons. The van der Waals surface area contributed by atoms with E-state index in [4.69, 9.17) is 4.74 Å². The van der Waals surface area contributed by atoms with E-state index in [0.717, 1.165) is 6.42 Å². The van der Waals surface area contributed by atoms with E-state index in [2.05, 4.69) is 16.0 Å². The van der Waals surface area contributed by atoms with Crippen LogP contribution in [-0.2, 0) is 20.9 Å². The highest BCUT2D eigenvalue weighted by atomic mass is 16.6. The molecular formula is C26H40N4O7. The van der Waals surface area contributed by atoms with Gasteiger partial charge in [0.05, 0.1) is 6.04 Å². The van der Waals surface area contributed by atoms with E-state index in [0.29, 0.717) is 18.4 Å². The van der Waals surface area contributed by atoms with Crippen LogP contribution in [0.1, 0.15) is 83.1 Å². The maximum absolute atomic E-state index is 13.1. The van der Waals surface area contributed by atoms with Crippen LogP contribution < -0.4 is 16.0 Å². The number of amides is 3. The minimum Gasteiger partial charge on any atom is -0.444 e. The van der Waals surface area contributed by atoms with Crippen molar-refractivity contribution in [2.45, 2.75) is 91.5 Å². The molecule has 3 amide bonds. The molecule has 0 spiro atoms. The Morgan fingerprint density at radius 2 is 1.78 bits per heavy atom. The van der Waals surface area contributed by atoms with E-state index < -0.39 is 52.8 Å². The van der Waals surface area contributed by atoms with Gasteiger partial charge in [0.2, 0.25) is 11.7 Å². The number of nitrogens with zero attached hydrogens (tertiary/aromatic N) is 1. The molecule has 0 heterocycles. The zero-order valence-electron chi connectivity index (χ0n) is 22.6. The van der Waals surface area contributed by atoms with Crippen LogP contribution in [0.2, 0.25) is 0 Å². The molecule has 3 atom stereocenters. The van der Waals surface area contributed by atoms with E-state index in [-0.39, 0.29) is 24.4 Å². The van der Waals surface area contributed by atoms with E-state index in [1.54, 1.807) is 52.0 Å². The Morgan fingerprint density at radius 1 is 1.11 bits per heavy atom. The molecule has 11 heteroatoms. The number of carbonyl (C=O) groups is 4. The van der Waals surface area contributed by atoms with Crippen molar-refractivity contribution in [2.24, 2.45) is 5.92 Å². The van der Waals surface area contributed by atoms with Crippen LogP contribution >= 0.6 is 0 Å². The summed E-state index contributed by atoms with van der Waals surface area (Å²) in [4.78, 5) is 60.5. The Labute approximate surface area is 218 Å². The lowest BCUT2D eigenvalue weighted by Crippen LogP contribution is -2.54. The predicted octanol–water partition coefficient (Wildman–Crippen LogP) is 3.38. The average molecular weight is 521 g/mol. The fraction of sp³-hybridized carbons (Fsp3) is 0.615. The van der Waals surface area contributed by atoms with E-state index >= 15 is 0 Å². The molecule has 11 nitrogen and oxygen atoms in total. The number of nitrogens with one attached hydrogen (secondary N) is 3. The normalized spacial score (nSPS) is 13.6. The molecule has 37 heavy (non-hydrogen) atoms. The molecule has 0 aliphatic rings. The number of ketones is 1. The second-order valence-electron chi connectivity index (χ2n) is 10.1. The average Bonchev–Trinajstić information content (AvgIpc) is 2.81. The molecule has 1 aromatic rings. The van der Waals surface area contributed by atoms with E-state index in [9.17, 15) is 29.3 Å². The van der Waals surface area contributed by atoms with Gasteiger partial charge in [-0.3, -0.25) is 24.5 Å². The summed E-state index contributed by atoms with van der Waals surface area (Å²) in [5.41, 5.74) is 0.311. The van der Waals surface area contributed by atoms with Gasteiger partial charge in [-0.1, -0.05) is 52.2 Å². The first-order valence-corrected chi connectivity index (χ1v) is 12.6. The first-order chi connectivity index (χ1) is 17.3. The summed E-state index contributed by atoms with van der Waals surface area (Å²) in [5.74, 6) is -2.01. The Morgan fingerprint density at radius 3 is 2.35 bits per heavy atom. The van der Waals surface area contributed by atoms with Crippen LogP contribution in [0.4, 0.5) is 4.79 Å². The standard InChI is InChI=1S/C26H40N4O7/c1-7-9-13-20(21(31)16-30(35)36)28-24(33)22(17(3)8-2)29-23(32)19-12-10-11-18(14-19)15-27-25(34)37-26(4,5)6/h10-12,14,17,20,22H,7-9,13,15-16H2,1-6H3,(H,27,34)(H,28,33)(H,29,32)/t17-,20-,22-/m0/s1. The van der Waals surface area contributed by atoms with Crippen molar-refractivity contribution in [3.63, 3.8) is 0 Å². The number of benzene rings is 1. The molecule has 0 aromatic heterocycles. The summed E-state index contributed by atoms with van der Waals surface area (Å²) < 4.78 is 5.21. The van der Waals surface area contributed by atoms with Gasteiger partial charge in [0.25, 0.3) is 12.5 Å². The van der Waals surface area contributed by atoms with Crippen LogP contribution in [0.3, 0.4) is 0 Å². The Bertz CT molecular complexity index is 958. The van der Waals surface area contributed by atoms with Crippen LogP contribution in [0.15, 0.2) is 24.3 Å². The van der Waals surface area contributed by atoms with Crippen molar-refractivity contribution in [3.05, 3.63) is 45.5 Å². The number of alkyl carbamates (subject to hydrolysis) is 1. The van der Waals surface area contributed by atoms with Crippen LogP contribution in [-0.4, -0.2) is 52.8 Å². The molecule has 1 rings (SSSR count). The first kappa shape index (κ1) is 31.5. The second kappa shape index (κ2) is 14.9. The lowest BCUT2D eigenvalue weighted by atomic mass is 9.96. The number of rotatable bonds is 14. The van der Waals surface area contributed by atoms with Crippen LogP contribution in [0, 0.1) is 16.0 Å². The van der Waals surface area contributed by atoms with Gasteiger partial charge in [-0.05, 0) is 50.8 Å². The van der Waals surface area contributed by atoms with E-state index in [1.165, 1.54) is 0 Å². The predicted molar refractivity (Wildman–Crippen MR) is 139 cm³/mol. The number of ether oxygens (including phenoxy) is 1. The minimum absolute atomic E-state index is 0.142. The number of unbranched alkanes of at least 4 members (excludes halogenated alkanes) is 1. The number of Topliss-reactive ketones (excluding diaryl/α,β-unsaturated/α-hetero) is 1. The highest BCUT2D eigenvalue weighted by Crippen LogP contribution is 2.13. The van der Waals surface area contributed by atoms with Crippen molar-refractivity contribution >= 4 is 23.7 Å². The van der Waals surface area contributed by atoms with Crippen molar-refractivity contribution in [1.82, 2.24) is 16.0 Å². The molecule has 0 aliphatic carbocycles. The largest absolute Gasteiger partial charge is 0.444 e. The molecular weight excluding hydrogens is 480 g/mol. The van der Waals surface area contributed by atoms with Crippen molar-refractivity contribution in [3.8, 4) is 0 Å². The Hall–Kier alpha value is -3.50. The number of hydrogen-bond donors (Lipinski definition) is 3. The van der Waals surface area contributed by atoms with Gasteiger partial charge in [-0.25, -0.2) is 4.79 Å². The SMILES string of the molecule is CCCC[C@H](NC(=O)[C@@H](NC(=O)c1cccc(CNC(=O)OC(C)(C)C)c1)[C@@H](C)CC)C(=O)C[N+](=O)[O-]. The summed E-state index contributed by atoms with van der Waals surface area (Å²) >= 11 is 0. The third kappa shape index (κ3) is 11.9. The molecule has 1 aromatic carbocycles. The molecule has 0 saturated heterocycles. The third-order valence-corrected chi connectivity index (χ3v) is 5.64. The maximum atomic E-state index is 13.1. The number of carbonyl (C=O) groups excluding carboxylic acids is 4. The van der Waals surface area contributed by atoms with Gasteiger partial charge in [0.1, 0.15) is 11.6 Å². The van der Waals surface area contributed by atoms with Gasteiger partial charge in [-0.2, -0.15) is 0 Å². The lowest BCUT2D eigenvalue weighted by Gasteiger charge is -2.26. The molecule has 0 saturated carbocycles. The fourth-order valence-corrected chi connectivity index (χ4v) is 3.46. The second-order valence-corrected chi connectivity index (χ2v) is 10.1. The summed E-state index contributed by atoms with van der Waals surface area (Å²) in [6, 6.07) is 4.64. The molecule has 0 aliphatic heterocycles. The van der Waals surface area contributed by atoms with Crippen molar-refractivity contribution in [1.29, 1.82) is 0 Å². The van der Waals surface area contributed by atoms with Gasteiger partial charge in [0, 0.05) is 17.0 Å². The van der Waals surface area contributed by atoms with Crippen LogP contribution in [0.5, 0.6) is 0 Å². The quantitative estimate of drug-likeness (QED) is 0.251. The fourth-order valence-electron chi connectivity index (χ4n) is 3.46. The molecule has 3 N–H and O–H groups in total. The number of hydrogen-bond acceptors (Lipinski definition) is 7. The maximum Gasteiger partial charge on any atom is 0.407 e. The highest BCUT2D eigenvalue weighted by Gasteiger charge is 2.31. The minimum atomic E-state index is -0.997. The Kier molecular flexibility index (Phi) is 12.7. The number of nitro groups is 1. The molecule has 0 bridgehead atoms. The molecule has 0 fully saturated rings. The summed E-state index contributed by atoms with van der Waals surface area (Å²) in [7, 11) is 0. The monoisotopic (exact) mass is 520 g/mol. The zero-order valence-corrected chi connectivity index (χ0v) is 22.6. The molecule has 0 unspecified atom stereocenters. The first-order valence-electron chi connectivity index (χ1n) is 12.6. The topological polar surface area (TPSA) is 157 Å².